The van der Waals surface area contributed by atoms with Gasteiger partial charge in [0.2, 0.25) is 0 Å². The second kappa shape index (κ2) is 6.96. The fourth-order valence-electron chi connectivity index (χ4n) is 3.35. The molecule has 128 valence electrons. The molecule has 3 heteroatoms. The average Bonchev–Trinajstić information content (AvgIpc) is 3.00. The molecular weight excluding hydrogens is 325 g/mol. The number of nitrogens with zero attached hydrogens (tertiary/aromatic N) is 1. The Kier molecular flexibility index (Phi) is 4.36. The third kappa shape index (κ3) is 3.16. The predicted octanol–water partition coefficient (Wildman–Crippen LogP) is 4.99. The normalized spacial score (nSPS) is 16.7. The van der Waals surface area contributed by atoms with Crippen molar-refractivity contribution in [2.75, 3.05) is 0 Å². The van der Waals surface area contributed by atoms with Gasteiger partial charge in [0, 0.05) is 12.1 Å². The molecule has 0 N–H and O–H groups in total. The third-order valence-corrected chi connectivity index (χ3v) is 4.62. The van der Waals surface area contributed by atoms with Crippen LogP contribution in [0.25, 0.3) is 5.57 Å². The number of amides is 1. The van der Waals surface area contributed by atoms with Crippen molar-refractivity contribution in [2.24, 2.45) is 0 Å². The highest BCUT2D eigenvalue weighted by Gasteiger charge is 2.34. The molecular formula is C23H18FNO. The van der Waals surface area contributed by atoms with Crippen molar-refractivity contribution in [1.29, 1.82) is 0 Å². The van der Waals surface area contributed by atoms with Gasteiger partial charge < -0.3 is 4.90 Å². The minimum atomic E-state index is -0.295. The van der Waals surface area contributed by atoms with Crippen molar-refractivity contribution in [2.45, 2.75) is 12.6 Å². The molecule has 3 aromatic carbocycles. The van der Waals surface area contributed by atoms with Crippen molar-refractivity contribution in [3.63, 3.8) is 0 Å². The van der Waals surface area contributed by atoms with E-state index in [0.717, 1.165) is 16.7 Å². The van der Waals surface area contributed by atoms with Gasteiger partial charge in [-0.05, 0) is 34.9 Å². The van der Waals surface area contributed by atoms with Crippen molar-refractivity contribution in [3.8, 4) is 0 Å². The number of carbonyl (C=O) groups is 1. The lowest BCUT2D eigenvalue weighted by Gasteiger charge is -2.25. The van der Waals surface area contributed by atoms with Crippen LogP contribution in [-0.4, -0.2) is 10.8 Å². The van der Waals surface area contributed by atoms with E-state index in [2.05, 4.69) is 0 Å². The molecule has 3 aromatic rings. The zero-order valence-corrected chi connectivity index (χ0v) is 14.2. The molecule has 0 radical (unpaired) electrons. The molecule has 2 nitrogen and oxygen atoms in total. The number of rotatable bonds is 4. The molecule has 1 atom stereocenters. The maximum absolute atomic E-state index is 13.8. The minimum absolute atomic E-state index is 0.0330. The van der Waals surface area contributed by atoms with Crippen molar-refractivity contribution >= 4 is 11.5 Å². The van der Waals surface area contributed by atoms with E-state index in [9.17, 15) is 9.18 Å². The largest absolute Gasteiger partial charge is 0.324 e. The first-order valence-electron chi connectivity index (χ1n) is 8.60. The molecule has 26 heavy (non-hydrogen) atoms. The second-order valence-corrected chi connectivity index (χ2v) is 6.36. The number of halogens is 1. The fourth-order valence-corrected chi connectivity index (χ4v) is 3.35. The SMILES string of the molecule is O=C1C(c2ccccc2)=CC(c2cccc(F)c2)N1Cc1ccccc1. The number of hydrogen-bond donors (Lipinski definition) is 0. The van der Waals surface area contributed by atoms with Crippen molar-refractivity contribution < 1.29 is 9.18 Å². The molecule has 1 aliphatic rings. The van der Waals surface area contributed by atoms with Crippen molar-refractivity contribution in [1.82, 2.24) is 4.90 Å². The Morgan fingerprint density at radius 1 is 0.846 bits per heavy atom. The summed E-state index contributed by atoms with van der Waals surface area (Å²) in [7, 11) is 0. The third-order valence-electron chi connectivity index (χ3n) is 4.62. The number of hydrogen-bond acceptors (Lipinski definition) is 1. The van der Waals surface area contributed by atoms with E-state index in [-0.39, 0.29) is 17.8 Å². The quantitative estimate of drug-likeness (QED) is 0.653. The first kappa shape index (κ1) is 16.3. The van der Waals surface area contributed by atoms with Gasteiger partial charge in [0.05, 0.1) is 6.04 Å². The summed E-state index contributed by atoms with van der Waals surface area (Å²) in [6, 6.07) is 25.7. The molecule has 1 amide bonds. The average molecular weight is 343 g/mol. The molecule has 4 rings (SSSR count). The number of carbonyl (C=O) groups excluding carboxylic acids is 1. The maximum atomic E-state index is 13.8. The van der Waals surface area contributed by atoms with E-state index in [1.165, 1.54) is 12.1 Å². The summed E-state index contributed by atoms with van der Waals surface area (Å²) in [5, 5.41) is 0. The Bertz CT molecular complexity index is 950. The van der Waals surface area contributed by atoms with Crippen LogP contribution in [-0.2, 0) is 11.3 Å². The Morgan fingerprint density at radius 2 is 1.54 bits per heavy atom. The summed E-state index contributed by atoms with van der Waals surface area (Å²) >= 11 is 0. The van der Waals surface area contributed by atoms with Gasteiger partial charge in [-0.3, -0.25) is 4.79 Å². The van der Waals surface area contributed by atoms with Gasteiger partial charge in [-0.15, -0.1) is 0 Å². The lowest BCUT2D eigenvalue weighted by molar-refractivity contribution is -0.125. The van der Waals surface area contributed by atoms with Crippen LogP contribution in [0.15, 0.2) is 91.0 Å². The van der Waals surface area contributed by atoms with E-state index in [4.69, 9.17) is 0 Å². The highest BCUT2D eigenvalue weighted by molar-refractivity contribution is 6.21. The first-order valence-corrected chi connectivity index (χ1v) is 8.60. The Hall–Kier alpha value is -3.20. The maximum Gasteiger partial charge on any atom is 0.255 e. The van der Waals surface area contributed by atoms with Crippen LogP contribution in [0.1, 0.15) is 22.7 Å². The summed E-state index contributed by atoms with van der Waals surface area (Å²) < 4.78 is 13.8. The first-order chi connectivity index (χ1) is 12.7. The van der Waals surface area contributed by atoms with E-state index in [0.29, 0.717) is 12.1 Å². The minimum Gasteiger partial charge on any atom is -0.324 e. The van der Waals surface area contributed by atoms with Gasteiger partial charge in [0.15, 0.2) is 0 Å². The summed E-state index contributed by atoms with van der Waals surface area (Å²) in [6.07, 6.45) is 1.94. The molecule has 0 aliphatic carbocycles. The van der Waals surface area contributed by atoms with Crippen LogP contribution in [0.5, 0.6) is 0 Å². The molecule has 0 spiro atoms. The molecule has 1 aliphatic heterocycles. The molecule has 1 heterocycles. The van der Waals surface area contributed by atoms with Crippen LogP contribution in [0.3, 0.4) is 0 Å². The topological polar surface area (TPSA) is 20.3 Å². The van der Waals surface area contributed by atoms with Crippen LogP contribution in [0.2, 0.25) is 0 Å². The van der Waals surface area contributed by atoms with Crippen LogP contribution in [0.4, 0.5) is 4.39 Å². The standard InChI is InChI=1S/C23H18FNO/c24-20-13-7-12-19(14-20)22-15-21(18-10-5-2-6-11-18)23(26)25(22)16-17-8-3-1-4-9-17/h1-15,22H,16H2. The zero-order valence-electron chi connectivity index (χ0n) is 14.2. The van der Waals surface area contributed by atoms with Crippen LogP contribution in [0, 0.1) is 5.82 Å². The Balaban J connectivity index is 1.75. The summed E-state index contributed by atoms with van der Waals surface area (Å²) in [5.41, 5.74) is 3.37. The van der Waals surface area contributed by atoms with E-state index >= 15 is 0 Å². The Labute approximate surface area is 152 Å². The smallest absolute Gasteiger partial charge is 0.255 e. The van der Waals surface area contributed by atoms with E-state index in [1.54, 1.807) is 11.0 Å². The fraction of sp³-hybridized carbons (Fsp3) is 0.0870. The summed E-state index contributed by atoms with van der Waals surface area (Å²) in [6.45, 7) is 0.480. The van der Waals surface area contributed by atoms with Gasteiger partial charge in [-0.1, -0.05) is 72.8 Å². The van der Waals surface area contributed by atoms with Crippen LogP contribution < -0.4 is 0 Å². The predicted molar refractivity (Wildman–Crippen MR) is 101 cm³/mol. The highest BCUT2D eigenvalue weighted by atomic mass is 19.1. The van der Waals surface area contributed by atoms with E-state index < -0.39 is 0 Å². The van der Waals surface area contributed by atoms with Crippen molar-refractivity contribution in [3.05, 3.63) is 114 Å². The zero-order chi connectivity index (χ0) is 17.9. The number of benzene rings is 3. The highest BCUT2D eigenvalue weighted by Crippen LogP contribution is 2.36. The molecule has 1 unspecified atom stereocenters. The van der Waals surface area contributed by atoms with Gasteiger partial charge in [-0.25, -0.2) is 4.39 Å². The Morgan fingerprint density at radius 3 is 2.23 bits per heavy atom. The summed E-state index contributed by atoms with van der Waals surface area (Å²) in [4.78, 5) is 14.9. The van der Waals surface area contributed by atoms with E-state index in [1.807, 2.05) is 72.8 Å². The molecule has 0 bridgehead atoms. The van der Waals surface area contributed by atoms with Gasteiger partial charge in [0.25, 0.3) is 5.91 Å². The second-order valence-electron chi connectivity index (χ2n) is 6.36. The lowest BCUT2D eigenvalue weighted by Crippen LogP contribution is -2.29. The molecule has 0 saturated heterocycles. The van der Waals surface area contributed by atoms with Gasteiger partial charge >= 0.3 is 0 Å². The van der Waals surface area contributed by atoms with Crippen LogP contribution >= 0.6 is 0 Å². The molecule has 0 aromatic heterocycles. The molecule has 0 saturated carbocycles. The summed E-state index contributed by atoms with van der Waals surface area (Å²) in [5.74, 6) is -0.328. The molecule has 0 fully saturated rings. The van der Waals surface area contributed by atoms with Gasteiger partial charge in [-0.2, -0.15) is 0 Å². The van der Waals surface area contributed by atoms with Gasteiger partial charge in [0.1, 0.15) is 5.82 Å². The monoisotopic (exact) mass is 343 g/mol. The lowest BCUT2D eigenvalue weighted by atomic mass is 10.0.